The fourth-order valence-corrected chi connectivity index (χ4v) is 1.60. The number of nitrogens with one attached hydrogen (secondary N) is 1. The largest absolute Gasteiger partial charge is 0.507 e. The third-order valence-electron chi connectivity index (χ3n) is 2.33. The van der Waals surface area contributed by atoms with Crippen LogP contribution in [0.25, 0.3) is 0 Å². The first kappa shape index (κ1) is 12.4. The first-order chi connectivity index (χ1) is 8.58. The van der Waals surface area contributed by atoms with Crippen molar-refractivity contribution in [2.24, 2.45) is 0 Å². The van der Waals surface area contributed by atoms with Crippen LogP contribution < -0.4 is 5.32 Å². The maximum atomic E-state index is 13.5. The Morgan fingerprint density at radius 2 is 1.94 bits per heavy atom. The lowest BCUT2D eigenvalue weighted by Crippen LogP contribution is -2.13. The van der Waals surface area contributed by atoms with E-state index in [0.717, 1.165) is 6.07 Å². The highest BCUT2D eigenvalue weighted by Gasteiger charge is 2.12. The fourth-order valence-electron chi connectivity index (χ4n) is 1.45. The molecule has 0 bridgehead atoms. The number of carbonyl (C=O) groups excluding carboxylic acids is 1. The van der Waals surface area contributed by atoms with Crippen molar-refractivity contribution in [1.82, 2.24) is 0 Å². The number of para-hydroxylation sites is 1. The molecule has 2 N–H and O–H groups in total. The second-order valence-corrected chi connectivity index (χ2v) is 4.03. The fraction of sp³-hybridized carbons (Fsp3) is 0. The van der Waals surface area contributed by atoms with E-state index in [-0.39, 0.29) is 22.0 Å². The van der Waals surface area contributed by atoms with Gasteiger partial charge in [0.25, 0.3) is 5.91 Å². The number of rotatable bonds is 2. The molecule has 18 heavy (non-hydrogen) atoms. The van der Waals surface area contributed by atoms with Gasteiger partial charge >= 0.3 is 0 Å². The summed E-state index contributed by atoms with van der Waals surface area (Å²) in [4.78, 5) is 11.8. The van der Waals surface area contributed by atoms with E-state index in [1.54, 1.807) is 12.1 Å². The Labute approximate surface area is 108 Å². The molecule has 0 aromatic heterocycles. The Bertz CT molecular complexity index is 601. The summed E-state index contributed by atoms with van der Waals surface area (Å²) in [6, 6.07) is 9.94. The third-order valence-corrected chi connectivity index (χ3v) is 2.56. The summed E-state index contributed by atoms with van der Waals surface area (Å²) >= 11 is 5.60. The second kappa shape index (κ2) is 5.06. The lowest BCUT2D eigenvalue weighted by molar-refractivity contribution is 0.102. The molecule has 0 spiro atoms. The molecule has 0 atom stereocenters. The highest BCUT2D eigenvalue weighted by atomic mass is 35.5. The molecule has 2 aromatic rings. The van der Waals surface area contributed by atoms with Crippen LogP contribution in [-0.4, -0.2) is 11.0 Å². The van der Waals surface area contributed by atoms with Gasteiger partial charge in [-0.2, -0.15) is 0 Å². The summed E-state index contributed by atoms with van der Waals surface area (Å²) in [5.41, 5.74) is 0.0829. The average Bonchev–Trinajstić information content (AvgIpc) is 2.33. The molecule has 0 saturated heterocycles. The minimum absolute atomic E-state index is 0.00709. The Morgan fingerprint density at radius 3 is 2.61 bits per heavy atom. The molecule has 0 saturated carbocycles. The lowest BCUT2D eigenvalue weighted by Gasteiger charge is -2.07. The van der Waals surface area contributed by atoms with E-state index in [4.69, 9.17) is 11.6 Å². The van der Waals surface area contributed by atoms with Crippen LogP contribution in [0.1, 0.15) is 10.4 Å². The highest BCUT2D eigenvalue weighted by Crippen LogP contribution is 2.21. The van der Waals surface area contributed by atoms with Crippen molar-refractivity contribution in [3.63, 3.8) is 0 Å². The van der Waals surface area contributed by atoms with E-state index in [1.807, 2.05) is 0 Å². The van der Waals surface area contributed by atoms with E-state index < -0.39 is 11.7 Å². The Hall–Kier alpha value is -2.07. The molecule has 0 fully saturated rings. The third kappa shape index (κ3) is 2.60. The van der Waals surface area contributed by atoms with Crippen molar-refractivity contribution in [2.45, 2.75) is 0 Å². The predicted octanol–water partition coefficient (Wildman–Crippen LogP) is 3.44. The minimum atomic E-state index is -0.633. The first-order valence-corrected chi connectivity index (χ1v) is 5.50. The predicted molar refractivity (Wildman–Crippen MR) is 67.5 cm³/mol. The minimum Gasteiger partial charge on any atom is -0.507 e. The number of anilines is 1. The summed E-state index contributed by atoms with van der Waals surface area (Å²) in [7, 11) is 0. The molecular formula is C13H9ClFNO2. The van der Waals surface area contributed by atoms with E-state index in [2.05, 4.69) is 5.32 Å². The van der Waals surface area contributed by atoms with Gasteiger partial charge in [0.2, 0.25) is 0 Å². The Balaban J connectivity index is 2.24. The summed E-state index contributed by atoms with van der Waals surface area (Å²) in [5, 5.41) is 12.1. The van der Waals surface area contributed by atoms with Gasteiger partial charge in [0.1, 0.15) is 11.6 Å². The number of phenolic OH excluding ortho intramolecular Hbond substituents is 1. The van der Waals surface area contributed by atoms with Crippen molar-refractivity contribution >= 4 is 23.2 Å². The zero-order valence-corrected chi connectivity index (χ0v) is 9.91. The highest BCUT2D eigenvalue weighted by molar-refractivity contribution is 6.30. The van der Waals surface area contributed by atoms with Gasteiger partial charge in [-0.05, 0) is 30.3 Å². The van der Waals surface area contributed by atoms with Crippen LogP contribution in [0.4, 0.5) is 10.1 Å². The smallest absolute Gasteiger partial charge is 0.259 e. The van der Waals surface area contributed by atoms with Gasteiger partial charge in [-0.1, -0.05) is 23.7 Å². The Kier molecular flexibility index (Phi) is 3.48. The van der Waals surface area contributed by atoms with Crippen LogP contribution in [0.3, 0.4) is 0 Å². The van der Waals surface area contributed by atoms with Gasteiger partial charge in [-0.3, -0.25) is 4.79 Å². The molecule has 0 aliphatic rings. The molecule has 92 valence electrons. The number of aromatic hydroxyl groups is 1. The average molecular weight is 266 g/mol. The van der Waals surface area contributed by atoms with Crippen LogP contribution in [-0.2, 0) is 0 Å². The summed E-state index contributed by atoms with van der Waals surface area (Å²) in [6.45, 7) is 0. The van der Waals surface area contributed by atoms with E-state index >= 15 is 0 Å². The van der Waals surface area contributed by atoms with Crippen LogP contribution in [0.2, 0.25) is 5.02 Å². The van der Waals surface area contributed by atoms with Gasteiger partial charge in [0.15, 0.2) is 0 Å². The number of phenols is 1. The quantitative estimate of drug-likeness (QED) is 0.874. The van der Waals surface area contributed by atoms with E-state index in [9.17, 15) is 14.3 Å². The van der Waals surface area contributed by atoms with Gasteiger partial charge in [-0.25, -0.2) is 4.39 Å². The monoisotopic (exact) mass is 265 g/mol. The standard InChI is InChI=1S/C13H9ClFNO2/c14-8-5-6-11(10(15)7-8)16-13(18)9-3-1-2-4-12(9)17/h1-7,17H,(H,16,18). The molecule has 0 heterocycles. The number of carbonyl (C=O) groups is 1. The zero-order valence-electron chi connectivity index (χ0n) is 9.15. The summed E-state index contributed by atoms with van der Waals surface area (Å²) in [6.07, 6.45) is 0. The van der Waals surface area contributed by atoms with Gasteiger partial charge < -0.3 is 10.4 Å². The molecule has 0 aliphatic heterocycles. The van der Waals surface area contributed by atoms with Gasteiger partial charge in [-0.15, -0.1) is 0 Å². The molecule has 2 aromatic carbocycles. The van der Waals surface area contributed by atoms with Crippen molar-refractivity contribution in [1.29, 1.82) is 0 Å². The molecule has 0 unspecified atom stereocenters. The van der Waals surface area contributed by atoms with Gasteiger partial charge in [0.05, 0.1) is 11.3 Å². The zero-order chi connectivity index (χ0) is 13.1. The summed E-state index contributed by atoms with van der Waals surface area (Å²) in [5.74, 6) is -1.38. The maximum Gasteiger partial charge on any atom is 0.259 e. The van der Waals surface area contributed by atoms with Crippen molar-refractivity contribution in [3.8, 4) is 5.75 Å². The molecule has 5 heteroatoms. The molecule has 0 radical (unpaired) electrons. The van der Waals surface area contributed by atoms with Crippen LogP contribution in [0.5, 0.6) is 5.75 Å². The van der Waals surface area contributed by atoms with Crippen molar-refractivity contribution in [3.05, 3.63) is 58.9 Å². The summed E-state index contributed by atoms with van der Waals surface area (Å²) < 4.78 is 13.5. The van der Waals surface area contributed by atoms with Crippen LogP contribution in [0.15, 0.2) is 42.5 Å². The van der Waals surface area contributed by atoms with E-state index in [1.165, 1.54) is 24.3 Å². The SMILES string of the molecule is O=C(Nc1ccc(Cl)cc1F)c1ccccc1O. The van der Waals surface area contributed by atoms with E-state index in [0.29, 0.717) is 0 Å². The normalized spacial score (nSPS) is 10.1. The number of halogens is 2. The van der Waals surface area contributed by atoms with Crippen LogP contribution in [0, 0.1) is 5.82 Å². The number of hydrogen-bond donors (Lipinski definition) is 2. The van der Waals surface area contributed by atoms with Gasteiger partial charge in [0, 0.05) is 5.02 Å². The molecular weight excluding hydrogens is 257 g/mol. The Morgan fingerprint density at radius 1 is 1.22 bits per heavy atom. The number of hydrogen-bond acceptors (Lipinski definition) is 2. The molecule has 2 rings (SSSR count). The lowest BCUT2D eigenvalue weighted by atomic mass is 10.2. The maximum absolute atomic E-state index is 13.5. The molecule has 3 nitrogen and oxygen atoms in total. The topological polar surface area (TPSA) is 49.3 Å². The molecule has 0 aliphatic carbocycles. The number of benzene rings is 2. The number of amides is 1. The molecule has 1 amide bonds. The van der Waals surface area contributed by atoms with Crippen LogP contribution >= 0.6 is 11.6 Å². The second-order valence-electron chi connectivity index (χ2n) is 3.60. The van der Waals surface area contributed by atoms with Crippen molar-refractivity contribution in [2.75, 3.05) is 5.32 Å². The van der Waals surface area contributed by atoms with Crippen molar-refractivity contribution < 1.29 is 14.3 Å². The first-order valence-electron chi connectivity index (χ1n) is 5.12.